The third-order valence-corrected chi connectivity index (χ3v) is 3.46. The van der Waals surface area contributed by atoms with Crippen LogP contribution in [0, 0.1) is 0 Å². The first-order valence-corrected chi connectivity index (χ1v) is 6.44. The van der Waals surface area contributed by atoms with Gasteiger partial charge in [-0.05, 0) is 38.3 Å². The number of halogens is 2. The van der Waals surface area contributed by atoms with Crippen LogP contribution >= 0.6 is 23.2 Å². The second-order valence-electron chi connectivity index (χ2n) is 4.37. The second kappa shape index (κ2) is 5.33. The van der Waals surface area contributed by atoms with Crippen molar-refractivity contribution in [2.24, 2.45) is 0 Å². The van der Waals surface area contributed by atoms with Gasteiger partial charge in [0.1, 0.15) is 0 Å². The minimum Gasteiger partial charge on any atom is -0.300 e. The molecule has 1 aromatic heterocycles. The molecule has 0 amide bonds. The van der Waals surface area contributed by atoms with Gasteiger partial charge in [0, 0.05) is 12.1 Å². The van der Waals surface area contributed by atoms with Gasteiger partial charge in [0.2, 0.25) is 5.28 Å². The van der Waals surface area contributed by atoms with E-state index in [4.69, 9.17) is 23.2 Å². The zero-order chi connectivity index (χ0) is 12.4. The number of nitrogens with one attached hydrogen (secondary N) is 1. The average Bonchev–Trinajstić information content (AvgIpc) is 2.28. The zero-order valence-corrected chi connectivity index (χ0v) is 11.3. The lowest BCUT2D eigenvalue weighted by molar-refractivity contribution is 0.135. The molecule has 17 heavy (non-hydrogen) atoms. The van der Waals surface area contributed by atoms with E-state index in [2.05, 4.69) is 39.5 Å². The fourth-order valence-electron chi connectivity index (χ4n) is 2.13. The fraction of sp³-hybridized carbons (Fsp3) is 0.700. The van der Waals surface area contributed by atoms with Crippen molar-refractivity contribution in [1.29, 1.82) is 0 Å². The highest BCUT2D eigenvalue weighted by Crippen LogP contribution is 2.25. The van der Waals surface area contributed by atoms with Crippen molar-refractivity contribution in [3.63, 3.8) is 0 Å². The maximum atomic E-state index is 5.93. The maximum Gasteiger partial charge on any atom is 0.245 e. The molecule has 1 aliphatic rings. The third kappa shape index (κ3) is 2.97. The standard InChI is InChI=1S/C10H15Cl2N5/c1-6-4-3-5-7(2)17(6)16-9-8(11)14-15-10(12)13-9/h6-7H,3-5H2,1-2H3,(H,13,15,16). The molecule has 0 bridgehead atoms. The summed E-state index contributed by atoms with van der Waals surface area (Å²) in [6.07, 6.45) is 3.55. The third-order valence-electron chi connectivity index (χ3n) is 3.05. The van der Waals surface area contributed by atoms with E-state index in [0.29, 0.717) is 17.9 Å². The number of anilines is 1. The van der Waals surface area contributed by atoms with Crippen LogP contribution in [0.25, 0.3) is 0 Å². The number of piperidine rings is 1. The Hall–Kier alpha value is -0.650. The normalized spacial score (nSPS) is 25.9. The van der Waals surface area contributed by atoms with E-state index in [1.54, 1.807) is 0 Å². The molecule has 0 aromatic carbocycles. The summed E-state index contributed by atoms with van der Waals surface area (Å²) in [6, 6.07) is 0.868. The number of hydrogen-bond acceptors (Lipinski definition) is 5. The quantitative estimate of drug-likeness (QED) is 0.900. The molecule has 1 saturated heterocycles. The van der Waals surface area contributed by atoms with Crippen LogP contribution in [0.1, 0.15) is 33.1 Å². The Balaban J connectivity index is 2.16. The summed E-state index contributed by atoms with van der Waals surface area (Å²) >= 11 is 11.6. The molecule has 0 aliphatic carbocycles. The lowest BCUT2D eigenvalue weighted by Gasteiger charge is -2.39. The van der Waals surface area contributed by atoms with E-state index < -0.39 is 0 Å². The van der Waals surface area contributed by atoms with Gasteiger partial charge in [-0.2, -0.15) is 4.98 Å². The summed E-state index contributed by atoms with van der Waals surface area (Å²) in [6.45, 7) is 4.35. The Morgan fingerprint density at radius 3 is 2.47 bits per heavy atom. The molecule has 1 N–H and O–H groups in total. The summed E-state index contributed by atoms with van der Waals surface area (Å²) in [5.74, 6) is 0.465. The number of hydrazine groups is 1. The van der Waals surface area contributed by atoms with Crippen LogP contribution in [0.15, 0.2) is 0 Å². The number of rotatable bonds is 2. The first-order chi connectivity index (χ1) is 8.08. The topological polar surface area (TPSA) is 53.9 Å². The molecule has 1 aliphatic heterocycles. The number of aromatic nitrogens is 3. The van der Waals surface area contributed by atoms with Gasteiger partial charge in [0.25, 0.3) is 0 Å². The summed E-state index contributed by atoms with van der Waals surface area (Å²) in [5, 5.41) is 9.79. The van der Waals surface area contributed by atoms with Crippen LogP contribution in [0.4, 0.5) is 5.82 Å². The first-order valence-electron chi connectivity index (χ1n) is 5.68. The van der Waals surface area contributed by atoms with Crippen molar-refractivity contribution in [3.05, 3.63) is 10.4 Å². The smallest absolute Gasteiger partial charge is 0.245 e. The van der Waals surface area contributed by atoms with Crippen LogP contribution in [0.5, 0.6) is 0 Å². The molecule has 2 heterocycles. The van der Waals surface area contributed by atoms with Gasteiger partial charge in [0.05, 0.1) is 0 Å². The monoisotopic (exact) mass is 275 g/mol. The van der Waals surface area contributed by atoms with Crippen molar-refractivity contribution in [1.82, 2.24) is 20.2 Å². The minimum absolute atomic E-state index is 0.0919. The van der Waals surface area contributed by atoms with Crippen molar-refractivity contribution < 1.29 is 0 Å². The molecular formula is C10H15Cl2N5. The van der Waals surface area contributed by atoms with Gasteiger partial charge < -0.3 is 0 Å². The van der Waals surface area contributed by atoms with E-state index >= 15 is 0 Å². The highest BCUT2D eigenvalue weighted by atomic mass is 35.5. The van der Waals surface area contributed by atoms with Gasteiger partial charge in [0.15, 0.2) is 11.0 Å². The van der Waals surface area contributed by atoms with Gasteiger partial charge in [-0.1, -0.05) is 18.0 Å². The van der Waals surface area contributed by atoms with Crippen LogP contribution in [0.2, 0.25) is 10.4 Å². The molecule has 7 heteroatoms. The highest BCUT2D eigenvalue weighted by Gasteiger charge is 2.25. The summed E-state index contributed by atoms with van der Waals surface area (Å²) < 4.78 is 0. The van der Waals surface area contributed by atoms with Gasteiger partial charge >= 0.3 is 0 Å². The Morgan fingerprint density at radius 1 is 1.18 bits per heavy atom. The Kier molecular flexibility index (Phi) is 4.01. The summed E-state index contributed by atoms with van der Waals surface area (Å²) in [5.41, 5.74) is 3.19. The molecule has 94 valence electrons. The first kappa shape index (κ1) is 12.8. The van der Waals surface area contributed by atoms with E-state index in [-0.39, 0.29) is 10.4 Å². The molecule has 1 aromatic rings. The predicted octanol–water partition coefficient (Wildman–Crippen LogP) is 2.77. The van der Waals surface area contributed by atoms with Gasteiger partial charge in [-0.25, -0.2) is 5.01 Å². The molecule has 0 saturated carbocycles. The maximum absolute atomic E-state index is 5.93. The largest absolute Gasteiger partial charge is 0.300 e. The molecule has 0 spiro atoms. The SMILES string of the molecule is CC1CCCC(C)N1Nc1nc(Cl)nnc1Cl. The van der Waals surface area contributed by atoms with E-state index in [0.717, 1.165) is 12.8 Å². The Morgan fingerprint density at radius 2 is 1.82 bits per heavy atom. The van der Waals surface area contributed by atoms with Gasteiger partial charge in [-0.15, -0.1) is 10.2 Å². The summed E-state index contributed by atoms with van der Waals surface area (Å²) in [4.78, 5) is 4.04. The van der Waals surface area contributed by atoms with Crippen LogP contribution in [0.3, 0.4) is 0 Å². The molecular weight excluding hydrogens is 261 g/mol. The molecule has 2 rings (SSSR count). The Bertz CT molecular complexity index is 390. The number of nitrogens with zero attached hydrogens (tertiary/aromatic N) is 4. The number of hydrogen-bond donors (Lipinski definition) is 1. The van der Waals surface area contributed by atoms with E-state index in [1.807, 2.05) is 0 Å². The fourth-order valence-corrected chi connectivity index (χ4v) is 2.37. The zero-order valence-electron chi connectivity index (χ0n) is 9.82. The second-order valence-corrected chi connectivity index (χ2v) is 5.06. The van der Waals surface area contributed by atoms with Crippen LogP contribution in [-0.4, -0.2) is 32.3 Å². The van der Waals surface area contributed by atoms with Crippen molar-refractivity contribution in [3.8, 4) is 0 Å². The van der Waals surface area contributed by atoms with Crippen LogP contribution < -0.4 is 5.43 Å². The van der Waals surface area contributed by atoms with Gasteiger partial charge in [-0.3, -0.25) is 5.43 Å². The Labute approximate surface area is 110 Å². The molecule has 2 atom stereocenters. The van der Waals surface area contributed by atoms with E-state index in [9.17, 15) is 0 Å². The molecule has 0 radical (unpaired) electrons. The van der Waals surface area contributed by atoms with Crippen molar-refractivity contribution in [2.45, 2.75) is 45.2 Å². The van der Waals surface area contributed by atoms with Crippen LogP contribution in [-0.2, 0) is 0 Å². The van der Waals surface area contributed by atoms with Crippen molar-refractivity contribution >= 4 is 29.0 Å². The lowest BCUT2D eigenvalue weighted by atomic mass is 10.00. The molecule has 1 fully saturated rings. The van der Waals surface area contributed by atoms with E-state index in [1.165, 1.54) is 6.42 Å². The lowest BCUT2D eigenvalue weighted by Crippen LogP contribution is -2.47. The van der Waals surface area contributed by atoms with Crippen molar-refractivity contribution in [2.75, 3.05) is 5.43 Å². The summed E-state index contributed by atoms with van der Waals surface area (Å²) in [7, 11) is 0. The minimum atomic E-state index is 0.0919. The highest BCUT2D eigenvalue weighted by molar-refractivity contribution is 6.32. The molecule has 2 unspecified atom stereocenters. The predicted molar refractivity (Wildman–Crippen MR) is 68.1 cm³/mol. The average molecular weight is 276 g/mol. The molecule has 5 nitrogen and oxygen atoms in total.